The molecule has 1 aromatic heterocycles. The minimum absolute atomic E-state index is 0.00718. The first-order valence-corrected chi connectivity index (χ1v) is 11.8. The first kappa shape index (κ1) is 25.9. The number of aromatic nitrogens is 2. The second-order valence-corrected chi connectivity index (χ2v) is 9.45. The highest BCUT2D eigenvalue weighted by Crippen LogP contribution is 2.35. The third-order valence-corrected chi connectivity index (χ3v) is 6.86. The quantitative estimate of drug-likeness (QED) is 0.569. The molecule has 2 aliphatic heterocycles. The van der Waals surface area contributed by atoms with Crippen molar-refractivity contribution in [3.63, 3.8) is 0 Å². The van der Waals surface area contributed by atoms with Gasteiger partial charge in [0.15, 0.2) is 11.6 Å². The van der Waals surface area contributed by atoms with Gasteiger partial charge in [-0.1, -0.05) is 11.6 Å². The zero-order valence-electron chi connectivity index (χ0n) is 19.4. The number of hydrogen-bond acceptors (Lipinski definition) is 7. The van der Waals surface area contributed by atoms with Crippen molar-refractivity contribution in [1.29, 1.82) is 0 Å². The summed E-state index contributed by atoms with van der Waals surface area (Å²) in [4.78, 5) is 36.8. The lowest BCUT2D eigenvalue weighted by molar-refractivity contribution is -0.140. The SMILES string of the molecule is CC(=O)[C@H]1CCN(c2ncnc(N)c2F)C[C@@H]1N1CCC[C@@H](Nc2cc(Cl)cc(C(F)(F)F)c2)C1=O. The fourth-order valence-corrected chi connectivity index (χ4v) is 5.14. The summed E-state index contributed by atoms with van der Waals surface area (Å²) in [5, 5.41) is 2.77. The number of piperidine rings is 2. The minimum Gasteiger partial charge on any atom is -0.381 e. The summed E-state index contributed by atoms with van der Waals surface area (Å²) in [5.41, 5.74) is 4.73. The van der Waals surface area contributed by atoms with Gasteiger partial charge in [-0.05, 0) is 44.4 Å². The number of rotatable bonds is 5. The molecule has 3 heterocycles. The Morgan fingerprint density at radius 2 is 1.94 bits per heavy atom. The van der Waals surface area contributed by atoms with Crippen LogP contribution in [0.3, 0.4) is 0 Å². The summed E-state index contributed by atoms with van der Waals surface area (Å²) in [7, 11) is 0. The van der Waals surface area contributed by atoms with E-state index in [4.69, 9.17) is 17.3 Å². The number of alkyl halides is 3. The van der Waals surface area contributed by atoms with Crippen LogP contribution in [0.4, 0.5) is 34.9 Å². The molecule has 0 unspecified atom stereocenters. The summed E-state index contributed by atoms with van der Waals surface area (Å²) in [6.45, 7) is 2.29. The maximum absolute atomic E-state index is 14.6. The highest BCUT2D eigenvalue weighted by atomic mass is 35.5. The van der Waals surface area contributed by atoms with E-state index in [0.717, 1.165) is 18.5 Å². The van der Waals surface area contributed by atoms with Crippen LogP contribution < -0.4 is 16.0 Å². The van der Waals surface area contributed by atoms with Crippen molar-refractivity contribution >= 4 is 40.6 Å². The van der Waals surface area contributed by atoms with Gasteiger partial charge in [0, 0.05) is 36.3 Å². The predicted molar refractivity (Wildman–Crippen MR) is 126 cm³/mol. The van der Waals surface area contributed by atoms with E-state index < -0.39 is 35.6 Å². The Labute approximate surface area is 209 Å². The van der Waals surface area contributed by atoms with Crippen LogP contribution in [-0.4, -0.2) is 58.3 Å². The molecule has 36 heavy (non-hydrogen) atoms. The third-order valence-electron chi connectivity index (χ3n) is 6.64. The van der Waals surface area contributed by atoms with Gasteiger partial charge in [-0.15, -0.1) is 0 Å². The Bertz CT molecular complexity index is 1160. The number of nitrogens with one attached hydrogen (secondary N) is 1. The van der Waals surface area contributed by atoms with Gasteiger partial charge in [0.05, 0.1) is 11.6 Å². The van der Waals surface area contributed by atoms with Crippen molar-refractivity contribution in [3.8, 4) is 0 Å². The van der Waals surface area contributed by atoms with Crippen LogP contribution >= 0.6 is 11.6 Å². The summed E-state index contributed by atoms with van der Waals surface area (Å²) < 4.78 is 54.2. The number of ketones is 1. The highest BCUT2D eigenvalue weighted by Gasteiger charge is 2.42. The summed E-state index contributed by atoms with van der Waals surface area (Å²) in [6, 6.07) is 1.66. The first-order valence-electron chi connectivity index (χ1n) is 11.4. The van der Waals surface area contributed by atoms with E-state index in [1.807, 2.05) is 0 Å². The van der Waals surface area contributed by atoms with Crippen LogP contribution in [0.15, 0.2) is 24.5 Å². The number of carbonyl (C=O) groups excluding carboxylic acids is 2. The smallest absolute Gasteiger partial charge is 0.381 e. The fraction of sp³-hybridized carbons (Fsp3) is 0.478. The van der Waals surface area contributed by atoms with Crippen molar-refractivity contribution < 1.29 is 27.2 Å². The molecule has 13 heteroatoms. The lowest BCUT2D eigenvalue weighted by Crippen LogP contribution is -2.60. The van der Waals surface area contributed by atoms with E-state index in [-0.39, 0.29) is 40.6 Å². The molecule has 0 saturated carbocycles. The first-order chi connectivity index (χ1) is 17.0. The Kier molecular flexibility index (Phi) is 7.26. The van der Waals surface area contributed by atoms with Gasteiger partial charge in [0.1, 0.15) is 18.2 Å². The van der Waals surface area contributed by atoms with Crippen molar-refractivity contribution in [3.05, 3.63) is 40.9 Å². The zero-order chi connectivity index (χ0) is 26.2. The van der Waals surface area contributed by atoms with Gasteiger partial charge in [-0.3, -0.25) is 9.59 Å². The molecule has 8 nitrogen and oxygen atoms in total. The molecule has 1 aromatic carbocycles. The van der Waals surface area contributed by atoms with E-state index in [0.29, 0.717) is 32.4 Å². The molecule has 3 N–H and O–H groups in total. The summed E-state index contributed by atoms with van der Waals surface area (Å²) in [5.74, 6) is -2.02. The Morgan fingerprint density at radius 3 is 2.64 bits per heavy atom. The third kappa shape index (κ3) is 5.32. The minimum atomic E-state index is -4.59. The normalized spacial score (nSPS) is 23.1. The molecule has 194 valence electrons. The molecule has 3 atom stereocenters. The number of anilines is 3. The molecule has 2 saturated heterocycles. The van der Waals surface area contributed by atoms with Crippen LogP contribution in [0.2, 0.25) is 5.02 Å². The number of nitrogens with zero attached hydrogens (tertiary/aromatic N) is 4. The molecule has 2 aliphatic rings. The Morgan fingerprint density at radius 1 is 1.19 bits per heavy atom. The zero-order valence-corrected chi connectivity index (χ0v) is 20.1. The molecular weight excluding hydrogens is 504 g/mol. The number of Topliss-reactive ketones (excluding diaryl/α,β-unsaturated/α-hetero) is 1. The van der Waals surface area contributed by atoms with E-state index in [2.05, 4.69) is 15.3 Å². The maximum atomic E-state index is 14.6. The lowest BCUT2D eigenvalue weighted by Gasteiger charge is -2.46. The Hall–Kier alpha value is -3.15. The highest BCUT2D eigenvalue weighted by molar-refractivity contribution is 6.31. The number of halogens is 5. The average Bonchev–Trinajstić information content (AvgIpc) is 2.81. The van der Waals surface area contributed by atoms with Crippen LogP contribution in [0, 0.1) is 11.7 Å². The van der Waals surface area contributed by atoms with Gasteiger partial charge in [0.25, 0.3) is 0 Å². The van der Waals surface area contributed by atoms with Gasteiger partial charge in [-0.25, -0.2) is 9.97 Å². The number of likely N-dealkylation sites (tertiary alicyclic amines) is 1. The number of hydrogen-bond donors (Lipinski definition) is 2. The molecular formula is C23H25ClF4N6O2. The largest absolute Gasteiger partial charge is 0.416 e. The molecule has 0 bridgehead atoms. The van der Waals surface area contributed by atoms with E-state index in [9.17, 15) is 27.2 Å². The molecule has 0 aliphatic carbocycles. The Balaban J connectivity index is 1.57. The van der Waals surface area contributed by atoms with Crippen molar-refractivity contribution in [1.82, 2.24) is 14.9 Å². The van der Waals surface area contributed by atoms with E-state index in [1.54, 1.807) is 9.80 Å². The monoisotopic (exact) mass is 528 g/mol. The number of nitrogens with two attached hydrogens (primary N) is 1. The van der Waals surface area contributed by atoms with E-state index >= 15 is 0 Å². The van der Waals surface area contributed by atoms with Gasteiger partial charge < -0.3 is 20.9 Å². The predicted octanol–water partition coefficient (Wildman–Crippen LogP) is 3.76. The van der Waals surface area contributed by atoms with E-state index in [1.165, 1.54) is 13.0 Å². The molecule has 2 fully saturated rings. The number of carbonyl (C=O) groups is 2. The second kappa shape index (κ2) is 10.1. The van der Waals surface area contributed by atoms with Crippen molar-refractivity contribution in [2.24, 2.45) is 5.92 Å². The van der Waals surface area contributed by atoms with Crippen LogP contribution in [0.25, 0.3) is 0 Å². The van der Waals surface area contributed by atoms with Gasteiger partial charge in [0.2, 0.25) is 11.7 Å². The van der Waals surface area contributed by atoms with Crippen molar-refractivity contribution in [2.45, 2.75) is 44.4 Å². The maximum Gasteiger partial charge on any atom is 0.416 e. The molecule has 0 radical (unpaired) electrons. The van der Waals surface area contributed by atoms with Crippen LogP contribution in [-0.2, 0) is 15.8 Å². The molecule has 4 rings (SSSR count). The van der Waals surface area contributed by atoms with Crippen LogP contribution in [0.5, 0.6) is 0 Å². The van der Waals surface area contributed by atoms with Gasteiger partial charge >= 0.3 is 6.18 Å². The molecule has 2 aromatic rings. The second-order valence-electron chi connectivity index (χ2n) is 9.01. The number of benzene rings is 1. The number of nitrogen functional groups attached to an aromatic ring is 1. The summed E-state index contributed by atoms with van der Waals surface area (Å²) >= 11 is 5.88. The van der Waals surface area contributed by atoms with Crippen molar-refractivity contribution in [2.75, 3.05) is 35.6 Å². The molecule has 1 amide bonds. The lowest BCUT2D eigenvalue weighted by atomic mass is 9.85. The van der Waals surface area contributed by atoms with Gasteiger partial charge in [-0.2, -0.15) is 17.6 Å². The fourth-order valence-electron chi connectivity index (χ4n) is 4.91. The number of amides is 1. The standard InChI is InChI=1S/C23H25ClF4N6O2/c1-12(35)16-4-6-33(21-19(25)20(29)30-11-31-21)10-18(16)34-5-2-3-17(22(34)36)32-15-8-13(23(26,27)28)7-14(24)9-15/h7-9,11,16-18,32H,2-6,10H2,1H3,(H2,29,30,31)/t16-,17-,18+/m1/s1. The van der Waals surface area contributed by atoms with Crippen LogP contribution in [0.1, 0.15) is 31.7 Å². The average molecular weight is 529 g/mol. The molecule has 0 spiro atoms. The topological polar surface area (TPSA) is 104 Å². The summed E-state index contributed by atoms with van der Waals surface area (Å²) in [6.07, 6.45) is -2.13.